The van der Waals surface area contributed by atoms with Gasteiger partial charge in [0, 0.05) is 30.9 Å². The van der Waals surface area contributed by atoms with Gasteiger partial charge in [0.1, 0.15) is 5.82 Å². The molecule has 1 aliphatic carbocycles. The summed E-state index contributed by atoms with van der Waals surface area (Å²) in [4.78, 5) is 7.44. The summed E-state index contributed by atoms with van der Waals surface area (Å²) in [6.45, 7) is 5.22. The Bertz CT molecular complexity index is 456. The molecule has 0 radical (unpaired) electrons. The molecule has 2 heterocycles. The average molecular weight is 259 g/mol. The molecule has 3 heteroatoms. The highest BCUT2D eigenvalue weighted by molar-refractivity contribution is 5.51. The van der Waals surface area contributed by atoms with Crippen molar-refractivity contribution in [2.45, 2.75) is 52.0 Å². The van der Waals surface area contributed by atoms with E-state index >= 15 is 0 Å². The van der Waals surface area contributed by atoms with Crippen LogP contribution in [0.1, 0.15) is 49.4 Å². The van der Waals surface area contributed by atoms with E-state index in [-0.39, 0.29) is 0 Å². The highest BCUT2D eigenvalue weighted by atomic mass is 15.2. The van der Waals surface area contributed by atoms with Crippen molar-refractivity contribution >= 4 is 5.82 Å². The third kappa shape index (κ3) is 2.48. The molecule has 0 spiro atoms. The lowest BCUT2D eigenvalue weighted by molar-refractivity contribution is 0.568. The van der Waals surface area contributed by atoms with Crippen LogP contribution in [0.3, 0.4) is 0 Å². The van der Waals surface area contributed by atoms with Gasteiger partial charge in [0.05, 0.1) is 0 Å². The maximum atomic E-state index is 5.95. The Labute approximate surface area is 116 Å². The van der Waals surface area contributed by atoms with E-state index < -0.39 is 0 Å². The number of pyridine rings is 1. The zero-order valence-electron chi connectivity index (χ0n) is 12.0. The molecule has 0 amide bonds. The number of aryl methyl sites for hydroxylation is 2. The summed E-state index contributed by atoms with van der Waals surface area (Å²) in [5.41, 5.74) is 9.98. The summed E-state index contributed by atoms with van der Waals surface area (Å²) in [5, 5.41) is 0. The summed E-state index contributed by atoms with van der Waals surface area (Å²) in [5.74, 6) is 2.02. The third-order valence-electron chi connectivity index (χ3n) is 4.74. The quantitative estimate of drug-likeness (QED) is 0.907. The number of nitrogens with two attached hydrogens (primary N) is 1. The van der Waals surface area contributed by atoms with Crippen molar-refractivity contribution in [2.75, 3.05) is 18.0 Å². The molecule has 1 aromatic rings. The molecule has 0 bridgehead atoms. The van der Waals surface area contributed by atoms with Crippen LogP contribution in [0.15, 0.2) is 6.07 Å². The Morgan fingerprint density at radius 3 is 2.95 bits per heavy atom. The van der Waals surface area contributed by atoms with Gasteiger partial charge in [-0.1, -0.05) is 13.3 Å². The molecule has 3 nitrogen and oxygen atoms in total. The zero-order chi connectivity index (χ0) is 13.2. The molecular formula is C16H25N3. The normalized spacial score (nSPS) is 22.6. The second kappa shape index (κ2) is 5.49. The molecule has 2 N–H and O–H groups in total. The van der Waals surface area contributed by atoms with Gasteiger partial charge in [0.25, 0.3) is 0 Å². The lowest BCUT2D eigenvalue weighted by Gasteiger charge is -2.24. The van der Waals surface area contributed by atoms with Crippen molar-refractivity contribution < 1.29 is 0 Å². The highest BCUT2D eigenvalue weighted by Crippen LogP contribution is 2.30. The number of aromatic nitrogens is 1. The first kappa shape index (κ1) is 12.9. The van der Waals surface area contributed by atoms with Crippen LogP contribution in [-0.4, -0.2) is 18.1 Å². The number of hydrogen-bond donors (Lipinski definition) is 1. The molecule has 1 aliphatic heterocycles. The van der Waals surface area contributed by atoms with Gasteiger partial charge in [-0.3, -0.25) is 0 Å². The minimum absolute atomic E-state index is 0.614. The van der Waals surface area contributed by atoms with Crippen LogP contribution in [0.25, 0.3) is 0 Å². The second-order valence-corrected chi connectivity index (χ2v) is 6.00. The van der Waals surface area contributed by atoms with Gasteiger partial charge in [0.2, 0.25) is 0 Å². The van der Waals surface area contributed by atoms with Crippen LogP contribution in [-0.2, 0) is 19.4 Å². The van der Waals surface area contributed by atoms with Gasteiger partial charge >= 0.3 is 0 Å². The second-order valence-electron chi connectivity index (χ2n) is 6.00. The molecule has 0 aromatic carbocycles. The van der Waals surface area contributed by atoms with Gasteiger partial charge in [-0.15, -0.1) is 0 Å². The summed E-state index contributed by atoms with van der Waals surface area (Å²) in [6.07, 6.45) is 7.52. The van der Waals surface area contributed by atoms with Crippen LogP contribution in [0, 0.1) is 5.92 Å². The summed E-state index contributed by atoms with van der Waals surface area (Å²) < 4.78 is 0. The van der Waals surface area contributed by atoms with Crippen LogP contribution in [0.4, 0.5) is 5.82 Å². The van der Waals surface area contributed by atoms with E-state index in [4.69, 9.17) is 10.7 Å². The first-order valence-electron chi connectivity index (χ1n) is 7.78. The smallest absolute Gasteiger partial charge is 0.133 e. The minimum atomic E-state index is 0.614. The summed E-state index contributed by atoms with van der Waals surface area (Å²) >= 11 is 0. The van der Waals surface area contributed by atoms with Crippen LogP contribution in [0.5, 0.6) is 0 Å². The maximum Gasteiger partial charge on any atom is 0.133 e. The van der Waals surface area contributed by atoms with Crippen molar-refractivity contribution in [3.05, 3.63) is 22.9 Å². The highest BCUT2D eigenvalue weighted by Gasteiger charge is 2.25. The van der Waals surface area contributed by atoms with E-state index in [2.05, 4.69) is 17.9 Å². The number of nitrogens with zero attached hydrogens (tertiary/aromatic N) is 2. The van der Waals surface area contributed by atoms with E-state index in [1.165, 1.54) is 54.7 Å². The van der Waals surface area contributed by atoms with Crippen molar-refractivity contribution in [1.29, 1.82) is 0 Å². The number of fused-ring (bicyclic) bond motifs is 1. The van der Waals surface area contributed by atoms with Crippen molar-refractivity contribution in [2.24, 2.45) is 11.7 Å². The number of rotatable bonds is 3. The van der Waals surface area contributed by atoms with Gasteiger partial charge in [-0.05, 0) is 49.7 Å². The van der Waals surface area contributed by atoms with Crippen LogP contribution >= 0.6 is 0 Å². The van der Waals surface area contributed by atoms with Gasteiger partial charge in [0.15, 0.2) is 0 Å². The lowest BCUT2D eigenvalue weighted by atomic mass is 9.94. The SMILES string of the molecule is CCC1CCN(c2nc3c(cc2CN)CCCC3)C1. The summed E-state index contributed by atoms with van der Waals surface area (Å²) in [7, 11) is 0. The predicted octanol–water partition coefficient (Wildman–Crippen LogP) is 2.66. The summed E-state index contributed by atoms with van der Waals surface area (Å²) in [6, 6.07) is 2.33. The van der Waals surface area contributed by atoms with E-state index in [0.29, 0.717) is 6.54 Å². The molecule has 1 aromatic heterocycles. The Kier molecular flexibility index (Phi) is 3.74. The largest absolute Gasteiger partial charge is 0.356 e. The minimum Gasteiger partial charge on any atom is -0.356 e. The standard InChI is InChI=1S/C16H25N3/c1-2-12-7-8-19(11-12)16-14(10-17)9-13-5-3-4-6-15(13)18-16/h9,12H,2-8,10-11,17H2,1H3. The Hall–Kier alpha value is -1.09. The lowest BCUT2D eigenvalue weighted by Crippen LogP contribution is -2.24. The third-order valence-corrected chi connectivity index (χ3v) is 4.74. The topological polar surface area (TPSA) is 42.2 Å². The monoisotopic (exact) mass is 259 g/mol. The fraction of sp³-hybridized carbons (Fsp3) is 0.688. The van der Waals surface area contributed by atoms with E-state index in [9.17, 15) is 0 Å². The van der Waals surface area contributed by atoms with Gasteiger partial charge in [-0.25, -0.2) is 4.98 Å². The molecule has 1 atom stereocenters. The van der Waals surface area contributed by atoms with E-state index in [1.54, 1.807) is 0 Å². The number of anilines is 1. The molecule has 1 saturated heterocycles. The molecule has 2 aliphatic rings. The first-order chi connectivity index (χ1) is 9.31. The average Bonchev–Trinajstić information content (AvgIpc) is 2.94. The van der Waals surface area contributed by atoms with Crippen molar-refractivity contribution in [3.8, 4) is 0 Å². The predicted molar refractivity (Wildman–Crippen MR) is 79.4 cm³/mol. The Morgan fingerprint density at radius 2 is 2.21 bits per heavy atom. The molecule has 3 rings (SSSR count). The van der Waals surface area contributed by atoms with Gasteiger partial charge in [-0.2, -0.15) is 0 Å². The number of hydrogen-bond acceptors (Lipinski definition) is 3. The zero-order valence-corrected chi connectivity index (χ0v) is 12.0. The molecular weight excluding hydrogens is 234 g/mol. The molecule has 0 saturated carbocycles. The van der Waals surface area contributed by atoms with Crippen molar-refractivity contribution in [1.82, 2.24) is 4.98 Å². The van der Waals surface area contributed by atoms with E-state index in [1.807, 2.05) is 0 Å². The molecule has 1 fully saturated rings. The fourth-order valence-electron chi connectivity index (χ4n) is 3.45. The fourth-order valence-corrected chi connectivity index (χ4v) is 3.45. The molecule has 19 heavy (non-hydrogen) atoms. The van der Waals surface area contributed by atoms with Crippen LogP contribution in [0.2, 0.25) is 0 Å². The van der Waals surface area contributed by atoms with Crippen molar-refractivity contribution in [3.63, 3.8) is 0 Å². The maximum absolute atomic E-state index is 5.95. The molecule has 104 valence electrons. The Morgan fingerprint density at radius 1 is 1.37 bits per heavy atom. The van der Waals surface area contributed by atoms with E-state index in [0.717, 1.165) is 25.4 Å². The van der Waals surface area contributed by atoms with Gasteiger partial charge < -0.3 is 10.6 Å². The van der Waals surface area contributed by atoms with Crippen LogP contribution < -0.4 is 10.6 Å². The first-order valence-corrected chi connectivity index (χ1v) is 7.78. The Balaban J connectivity index is 1.91. The molecule has 1 unspecified atom stereocenters.